The van der Waals surface area contributed by atoms with Crippen LogP contribution in [0, 0.1) is 0 Å². The third kappa shape index (κ3) is 6.08. The Bertz CT molecular complexity index is 430. The molecule has 1 rings (SSSR count). The Kier molecular flexibility index (Phi) is 5.60. The number of ether oxygens (including phenoxy) is 1. The fourth-order valence-corrected chi connectivity index (χ4v) is 1.55. The normalized spacial score (nSPS) is 11.8. The van der Waals surface area contributed by atoms with Crippen molar-refractivity contribution in [3.8, 4) is 0 Å². The molecule has 1 amide bonds. The number of aryl methyl sites for hydroxylation is 1. The Labute approximate surface area is 114 Å². The molecule has 1 aromatic heterocycles. The molecule has 0 saturated carbocycles. The summed E-state index contributed by atoms with van der Waals surface area (Å²) in [6.07, 6.45) is 8.20. The molecule has 0 aliphatic rings. The van der Waals surface area contributed by atoms with Gasteiger partial charge in [0.1, 0.15) is 5.60 Å². The molecule has 0 aliphatic heterocycles. The number of carbonyl (C=O) groups excluding carboxylic acids is 1. The second kappa shape index (κ2) is 6.97. The third-order valence-electron chi connectivity index (χ3n) is 2.38. The monoisotopic (exact) mass is 265 g/mol. The first-order chi connectivity index (χ1) is 8.92. The van der Waals surface area contributed by atoms with Gasteiger partial charge in [0.25, 0.3) is 0 Å². The van der Waals surface area contributed by atoms with E-state index in [-0.39, 0.29) is 0 Å². The van der Waals surface area contributed by atoms with Crippen LogP contribution in [0.1, 0.15) is 39.8 Å². The Morgan fingerprint density at radius 2 is 2.26 bits per heavy atom. The fraction of sp³-hybridized carbons (Fsp3) is 0.571. The number of rotatable bonds is 5. The molecule has 1 heterocycles. The zero-order valence-corrected chi connectivity index (χ0v) is 12.1. The molecule has 106 valence electrons. The van der Waals surface area contributed by atoms with E-state index in [0.717, 1.165) is 18.7 Å². The Morgan fingerprint density at radius 1 is 1.53 bits per heavy atom. The molecular formula is C14H23N3O2. The van der Waals surface area contributed by atoms with Crippen molar-refractivity contribution < 1.29 is 9.53 Å². The van der Waals surface area contributed by atoms with Gasteiger partial charge in [-0.2, -0.15) is 0 Å². The highest BCUT2D eigenvalue weighted by atomic mass is 16.6. The van der Waals surface area contributed by atoms with E-state index >= 15 is 0 Å². The van der Waals surface area contributed by atoms with Gasteiger partial charge in [0, 0.05) is 12.7 Å². The van der Waals surface area contributed by atoms with Crippen molar-refractivity contribution in [2.45, 2.75) is 52.8 Å². The maximum Gasteiger partial charge on any atom is 0.407 e. The summed E-state index contributed by atoms with van der Waals surface area (Å²) in [5.74, 6) is 0. The molecule has 0 bridgehead atoms. The first-order valence-corrected chi connectivity index (χ1v) is 6.49. The lowest BCUT2D eigenvalue weighted by atomic mass is 10.2. The van der Waals surface area contributed by atoms with E-state index in [9.17, 15) is 4.79 Å². The van der Waals surface area contributed by atoms with Crippen molar-refractivity contribution in [1.82, 2.24) is 14.9 Å². The van der Waals surface area contributed by atoms with Gasteiger partial charge >= 0.3 is 6.09 Å². The van der Waals surface area contributed by atoms with Crippen molar-refractivity contribution in [1.29, 1.82) is 0 Å². The van der Waals surface area contributed by atoms with Gasteiger partial charge in [-0.3, -0.25) is 0 Å². The highest BCUT2D eigenvalue weighted by Crippen LogP contribution is 2.07. The van der Waals surface area contributed by atoms with Gasteiger partial charge in [-0.15, -0.1) is 0 Å². The number of nitrogens with zero attached hydrogens (tertiary/aromatic N) is 2. The topological polar surface area (TPSA) is 56.2 Å². The number of hydrogen-bond acceptors (Lipinski definition) is 3. The smallest absolute Gasteiger partial charge is 0.407 e. The molecule has 0 atom stereocenters. The van der Waals surface area contributed by atoms with Crippen molar-refractivity contribution in [3.63, 3.8) is 0 Å². The lowest BCUT2D eigenvalue weighted by Crippen LogP contribution is -2.32. The minimum atomic E-state index is -0.476. The predicted octanol–water partition coefficient (Wildman–Crippen LogP) is 2.87. The van der Waals surface area contributed by atoms with E-state index in [1.165, 1.54) is 0 Å². The first kappa shape index (κ1) is 15.3. The predicted molar refractivity (Wildman–Crippen MR) is 74.7 cm³/mol. The summed E-state index contributed by atoms with van der Waals surface area (Å²) in [4.78, 5) is 15.7. The van der Waals surface area contributed by atoms with Gasteiger partial charge < -0.3 is 14.6 Å². The molecule has 0 unspecified atom stereocenters. The largest absolute Gasteiger partial charge is 0.444 e. The van der Waals surface area contributed by atoms with Crippen LogP contribution in [0.5, 0.6) is 0 Å². The van der Waals surface area contributed by atoms with Crippen LogP contribution in [0.4, 0.5) is 4.79 Å². The van der Waals surface area contributed by atoms with Crippen LogP contribution >= 0.6 is 0 Å². The van der Waals surface area contributed by atoms with Crippen LogP contribution in [0.2, 0.25) is 0 Å². The number of amides is 1. The molecule has 1 N–H and O–H groups in total. The highest BCUT2D eigenvalue weighted by molar-refractivity contribution is 5.67. The molecule has 0 aliphatic carbocycles. The number of aromatic nitrogens is 2. The number of allylic oxidation sites excluding steroid dienone is 2. The zero-order chi connectivity index (χ0) is 14.3. The number of nitrogens with one attached hydrogen (secondary N) is 1. The van der Waals surface area contributed by atoms with E-state index in [0.29, 0.717) is 6.54 Å². The molecule has 0 aromatic carbocycles. The van der Waals surface area contributed by atoms with Crippen LogP contribution < -0.4 is 5.32 Å². The summed E-state index contributed by atoms with van der Waals surface area (Å²) >= 11 is 0. The van der Waals surface area contributed by atoms with Crippen LogP contribution in [0.3, 0.4) is 0 Å². The molecule has 19 heavy (non-hydrogen) atoms. The van der Waals surface area contributed by atoms with Crippen molar-refractivity contribution in [2.24, 2.45) is 0 Å². The van der Waals surface area contributed by atoms with Gasteiger partial charge in [0.15, 0.2) is 0 Å². The standard InChI is InChI=1S/C14H23N3O2/c1-5-6-7-8-17-11-15-9-12(17)10-16-13(18)19-14(2,3)4/h5-6,9,11H,7-8,10H2,1-4H3,(H,16,18)/b6-5+. The van der Waals surface area contributed by atoms with Crippen molar-refractivity contribution in [2.75, 3.05) is 0 Å². The average Bonchev–Trinajstić information content (AvgIpc) is 2.72. The zero-order valence-electron chi connectivity index (χ0n) is 12.1. The number of alkyl carbamates (subject to hydrolysis) is 1. The highest BCUT2D eigenvalue weighted by Gasteiger charge is 2.16. The number of carbonyl (C=O) groups is 1. The van der Waals surface area contributed by atoms with Gasteiger partial charge in [-0.1, -0.05) is 12.2 Å². The average molecular weight is 265 g/mol. The summed E-state index contributed by atoms with van der Waals surface area (Å²) in [6.45, 7) is 8.80. The quantitative estimate of drug-likeness (QED) is 0.833. The molecule has 0 radical (unpaired) electrons. The first-order valence-electron chi connectivity index (χ1n) is 6.49. The summed E-state index contributed by atoms with van der Waals surface area (Å²) < 4.78 is 7.21. The minimum Gasteiger partial charge on any atom is -0.444 e. The van der Waals surface area contributed by atoms with Crippen LogP contribution in [0.25, 0.3) is 0 Å². The molecule has 5 nitrogen and oxygen atoms in total. The lowest BCUT2D eigenvalue weighted by Gasteiger charge is -2.19. The van der Waals surface area contributed by atoms with Gasteiger partial charge in [-0.25, -0.2) is 9.78 Å². The van der Waals surface area contributed by atoms with Gasteiger partial charge in [0.2, 0.25) is 0 Å². The van der Waals surface area contributed by atoms with Crippen LogP contribution in [0.15, 0.2) is 24.7 Å². The maximum atomic E-state index is 11.6. The van der Waals surface area contributed by atoms with Crippen LogP contribution in [-0.4, -0.2) is 21.2 Å². The SMILES string of the molecule is C/C=C/CCn1cncc1CNC(=O)OC(C)(C)C. The van der Waals surface area contributed by atoms with Crippen LogP contribution in [-0.2, 0) is 17.8 Å². The lowest BCUT2D eigenvalue weighted by molar-refractivity contribution is 0.0522. The number of hydrogen-bond donors (Lipinski definition) is 1. The number of imidazole rings is 1. The fourth-order valence-electron chi connectivity index (χ4n) is 1.55. The molecule has 1 aromatic rings. The van der Waals surface area contributed by atoms with Crippen molar-refractivity contribution >= 4 is 6.09 Å². The summed E-state index contributed by atoms with van der Waals surface area (Å²) in [7, 11) is 0. The molecular weight excluding hydrogens is 242 g/mol. The molecule has 0 spiro atoms. The van der Waals surface area contributed by atoms with Gasteiger partial charge in [-0.05, 0) is 34.1 Å². The molecule has 0 fully saturated rings. The third-order valence-corrected chi connectivity index (χ3v) is 2.38. The summed E-state index contributed by atoms with van der Waals surface area (Å²) in [5, 5.41) is 2.73. The minimum absolute atomic E-state index is 0.409. The van der Waals surface area contributed by atoms with E-state index in [1.54, 1.807) is 12.5 Å². The Hall–Kier alpha value is -1.78. The van der Waals surface area contributed by atoms with Gasteiger partial charge in [0.05, 0.1) is 18.6 Å². The maximum absolute atomic E-state index is 11.6. The van der Waals surface area contributed by atoms with E-state index in [2.05, 4.69) is 16.4 Å². The summed E-state index contributed by atoms with van der Waals surface area (Å²) in [6, 6.07) is 0. The second-order valence-corrected chi connectivity index (χ2v) is 5.29. The van der Waals surface area contributed by atoms with Crippen molar-refractivity contribution in [3.05, 3.63) is 30.4 Å². The molecule has 5 heteroatoms. The van der Waals surface area contributed by atoms with E-state index < -0.39 is 11.7 Å². The second-order valence-electron chi connectivity index (χ2n) is 5.29. The summed E-state index contributed by atoms with van der Waals surface area (Å²) in [5.41, 5.74) is 0.492. The van der Waals surface area contributed by atoms with E-state index in [4.69, 9.17) is 4.74 Å². The van der Waals surface area contributed by atoms with E-state index in [1.807, 2.05) is 38.3 Å². The molecule has 0 saturated heterocycles. The Morgan fingerprint density at radius 3 is 2.89 bits per heavy atom. The Balaban J connectivity index is 2.45.